The van der Waals surface area contributed by atoms with E-state index >= 15 is 0 Å². The first-order valence-corrected chi connectivity index (χ1v) is 5.44. The summed E-state index contributed by atoms with van der Waals surface area (Å²) in [5, 5.41) is 12.0. The van der Waals surface area contributed by atoms with Crippen LogP contribution in [-0.2, 0) is 14.3 Å². The molecule has 0 bridgehead atoms. The van der Waals surface area contributed by atoms with Gasteiger partial charge in [0.05, 0.1) is 13.2 Å². The zero-order chi connectivity index (χ0) is 10.7. The minimum atomic E-state index is -0.782. The molecule has 1 atom stereocenters. The SMILES string of the molecule is O=C(O)C(CCOC1COC1)NC1CC1. The number of aliphatic carboxylic acids is 1. The van der Waals surface area contributed by atoms with Gasteiger partial charge in [-0.3, -0.25) is 4.79 Å². The van der Waals surface area contributed by atoms with Gasteiger partial charge in [-0.05, 0) is 19.3 Å². The molecule has 0 spiro atoms. The smallest absolute Gasteiger partial charge is 0.320 e. The van der Waals surface area contributed by atoms with Gasteiger partial charge in [-0.2, -0.15) is 0 Å². The molecular formula is C10H17NO4. The molecule has 0 aromatic carbocycles. The summed E-state index contributed by atoms with van der Waals surface area (Å²) in [6.07, 6.45) is 2.91. The van der Waals surface area contributed by atoms with Crippen LogP contribution < -0.4 is 5.32 Å². The van der Waals surface area contributed by atoms with Crippen molar-refractivity contribution in [3.8, 4) is 0 Å². The molecule has 15 heavy (non-hydrogen) atoms. The van der Waals surface area contributed by atoms with E-state index < -0.39 is 12.0 Å². The number of nitrogens with one attached hydrogen (secondary N) is 1. The van der Waals surface area contributed by atoms with Crippen LogP contribution in [0.4, 0.5) is 0 Å². The normalized spacial score (nSPS) is 23.5. The van der Waals surface area contributed by atoms with Gasteiger partial charge in [0.1, 0.15) is 12.1 Å². The van der Waals surface area contributed by atoms with Crippen molar-refractivity contribution in [2.24, 2.45) is 0 Å². The molecule has 2 N–H and O–H groups in total. The van der Waals surface area contributed by atoms with Crippen molar-refractivity contribution in [3.05, 3.63) is 0 Å². The van der Waals surface area contributed by atoms with Gasteiger partial charge in [-0.1, -0.05) is 0 Å². The number of carboxylic acids is 1. The summed E-state index contributed by atoms with van der Waals surface area (Å²) >= 11 is 0. The van der Waals surface area contributed by atoms with Crippen LogP contribution in [-0.4, -0.2) is 49.1 Å². The topological polar surface area (TPSA) is 67.8 Å². The second kappa shape index (κ2) is 4.92. The number of hydrogen-bond donors (Lipinski definition) is 2. The monoisotopic (exact) mass is 215 g/mol. The predicted octanol–water partition coefficient (Wildman–Crippen LogP) is -0.00290. The third-order valence-corrected chi connectivity index (χ3v) is 2.68. The van der Waals surface area contributed by atoms with E-state index in [-0.39, 0.29) is 6.10 Å². The molecule has 0 aromatic heterocycles. The molecule has 5 heteroatoms. The van der Waals surface area contributed by atoms with Crippen molar-refractivity contribution in [2.75, 3.05) is 19.8 Å². The number of rotatable bonds is 7. The molecule has 2 aliphatic rings. The van der Waals surface area contributed by atoms with E-state index in [2.05, 4.69) is 5.32 Å². The molecule has 1 unspecified atom stereocenters. The summed E-state index contributed by atoms with van der Waals surface area (Å²) < 4.78 is 10.4. The fourth-order valence-corrected chi connectivity index (χ4v) is 1.48. The second-order valence-corrected chi connectivity index (χ2v) is 4.15. The van der Waals surface area contributed by atoms with E-state index in [0.717, 1.165) is 12.8 Å². The van der Waals surface area contributed by atoms with Gasteiger partial charge >= 0.3 is 5.97 Å². The lowest BCUT2D eigenvalue weighted by Gasteiger charge is -2.26. The fraction of sp³-hybridized carbons (Fsp3) is 0.900. The summed E-state index contributed by atoms with van der Waals surface area (Å²) in [4.78, 5) is 10.9. The molecule has 1 aliphatic heterocycles. The molecule has 1 saturated carbocycles. The molecule has 0 radical (unpaired) electrons. The molecule has 1 heterocycles. The first-order chi connectivity index (χ1) is 7.25. The van der Waals surface area contributed by atoms with Crippen LogP contribution >= 0.6 is 0 Å². The Bertz CT molecular complexity index is 225. The first-order valence-electron chi connectivity index (χ1n) is 5.44. The third kappa shape index (κ3) is 3.44. The number of ether oxygens (including phenoxy) is 2. The van der Waals surface area contributed by atoms with Gasteiger partial charge in [0.2, 0.25) is 0 Å². The Morgan fingerprint density at radius 3 is 2.73 bits per heavy atom. The molecule has 0 aromatic rings. The molecule has 2 rings (SSSR count). The quantitative estimate of drug-likeness (QED) is 0.625. The third-order valence-electron chi connectivity index (χ3n) is 2.68. The lowest BCUT2D eigenvalue weighted by molar-refractivity contribution is -0.143. The Kier molecular flexibility index (Phi) is 3.56. The van der Waals surface area contributed by atoms with Crippen LogP contribution in [0.1, 0.15) is 19.3 Å². The Morgan fingerprint density at radius 1 is 1.53 bits per heavy atom. The van der Waals surface area contributed by atoms with Crippen LogP contribution in [0.3, 0.4) is 0 Å². The maximum atomic E-state index is 10.9. The lowest BCUT2D eigenvalue weighted by Crippen LogP contribution is -2.41. The van der Waals surface area contributed by atoms with Crippen molar-refractivity contribution in [1.82, 2.24) is 5.32 Å². The van der Waals surface area contributed by atoms with E-state index in [1.165, 1.54) is 0 Å². The summed E-state index contributed by atoms with van der Waals surface area (Å²) in [7, 11) is 0. The molecule has 1 saturated heterocycles. The summed E-state index contributed by atoms with van der Waals surface area (Å²) in [5.41, 5.74) is 0. The van der Waals surface area contributed by atoms with E-state index in [9.17, 15) is 4.79 Å². The van der Waals surface area contributed by atoms with E-state index in [1.54, 1.807) is 0 Å². The molecule has 0 amide bonds. The number of carboxylic acid groups (broad SMARTS) is 1. The number of carbonyl (C=O) groups is 1. The highest BCUT2D eigenvalue weighted by molar-refractivity contribution is 5.73. The zero-order valence-electron chi connectivity index (χ0n) is 8.65. The van der Waals surface area contributed by atoms with Crippen LogP contribution in [0, 0.1) is 0 Å². The van der Waals surface area contributed by atoms with Crippen molar-refractivity contribution >= 4 is 5.97 Å². The average molecular weight is 215 g/mol. The van der Waals surface area contributed by atoms with Crippen molar-refractivity contribution in [2.45, 2.75) is 37.5 Å². The Hall–Kier alpha value is -0.650. The molecule has 2 fully saturated rings. The van der Waals surface area contributed by atoms with E-state index in [4.69, 9.17) is 14.6 Å². The van der Waals surface area contributed by atoms with Gasteiger partial charge in [-0.25, -0.2) is 0 Å². The summed E-state index contributed by atoms with van der Waals surface area (Å²) in [5.74, 6) is -0.782. The van der Waals surface area contributed by atoms with E-state index in [0.29, 0.717) is 32.3 Å². The summed E-state index contributed by atoms with van der Waals surface area (Å²) in [6.45, 7) is 1.78. The summed E-state index contributed by atoms with van der Waals surface area (Å²) in [6, 6.07) is -0.0448. The van der Waals surface area contributed by atoms with Crippen LogP contribution in [0.5, 0.6) is 0 Å². The van der Waals surface area contributed by atoms with Crippen LogP contribution in [0.15, 0.2) is 0 Å². The lowest BCUT2D eigenvalue weighted by atomic mass is 10.2. The highest BCUT2D eigenvalue weighted by Gasteiger charge is 2.28. The zero-order valence-corrected chi connectivity index (χ0v) is 8.65. The first kappa shape index (κ1) is 10.9. The largest absolute Gasteiger partial charge is 0.480 e. The van der Waals surface area contributed by atoms with Gasteiger partial charge in [-0.15, -0.1) is 0 Å². The Labute approximate surface area is 88.7 Å². The highest BCUT2D eigenvalue weighted by atomic mass is 16.6. The predicted molar refractivity (Wildman–Crippen MR) is 52.8 cm³/mol. The van der Waals surface area contributed by atoms with Crippen LogP contribution in [0.2, 0.25) is 0 Å². The average Bonchev–Trinajstić information content (AvgIpc) is 2.90. The van der Waals surface area contributed by atoms with Gasteiger partial charge < -0.3 is 19.9 Å². The second-order valence-electron chi connectivity index (χ2n) is 4.15. The Balaban J connectivity index is 1.61. The maximum Gasteiger partial charge on any atom is 0.320 e. The Morgan fingerprint density at radius 2 is 2.27 bits per heavy atom. The van der Waals surface area contributed by atoms with Gasteiger partial charge in [0.25, 0.3) is 0 Å². The van der Waals surface area contributed by atoms with Crippen molar-refractivity contribution in [3.63, 3.8) is 0 Å². The minimum absolute atomic E-state index is 0.181. The van der Waals surface area contributed by atoms with Gasteiger partial charge in [0.15, 0.2) is 0 Å². The van der Waals surface area contributed by atoms with E-state index in [1.807, 2.05) is 0 Å². The van der Waals surface area contributed by atoms with Gasteiger partial charge in [0, 0.05) is 12.6 Å². The van der Waals surface area contributed by atoms with Crippen LogP contribution in [0.25, 0.3) is 0 Å². The number of hydrogen-bond acceptors (Lipinski definition) is 4. The minimum Gasteiger partial charge on any atom is -0.480 e. The fourth-order valence-electron chi connectivity index (χ4n) is 1.48. The molecule has 1 aliphatic carbocycles. The molecule has 5 nitrogen and oxygen atoms in total. The van der Waals surface area contributed by atoms with Crippen molar-refractivity contribution < 1.29 is 19.4 Å². The van der Waals surface area contributed by atoms with Crippen molar-refractivity contribution in [1.29, 1.82) is 0 Å². The molecule has 86 valence electrons. The molecular weight excluding hydrogens is 198 g/mol. The highest BCUT2D eigenvalue weighted by Crippen LogP contribution is 2.20. The maximum absolute atomic E-state index is 10.9. The standard InChI is InChI=1S/C10H17NO4/c12-10(13)9(11-7-1-2-7)3-4-15-8-5-14-6-8/h7-9,11H,1-6H2,(H,12,13).